The van der Waals surface area contributed by atoms with Crippen molar-refractivity contribution in [3.05, 3.63) is 11.6 Å². The molecule has 4 rings (SSSR count). The third-order valence-corrected chi connectivity index (χ3v) is 7.01. The van der Waals surface area contributed by atoms with E-state index in [4.69, 9.17) is 0 Å². The van der Waals surface area contributed by atoms with Gasteiger partial charge in [0.2, 0.25) is 0 Å². The van der Waals surface area contributed by atoms with E-state index < -0.39 is 0 Å². The number of ketones is 2. The van der Waals surface area contributed by atoms with Gasteiger partial charge >= 0.3 is 0 Å². The van der Waals surface area contributed by atoms with Crippen LogP contribution in [-0.4, -0.2) is 11.6 Å². The molecule has 4 aliphatic rings. The second-order valence-corrected chi connectivity index (χ2v) is 7.72. The Labute approximate surface area is 121 Å². The molecule has 0 aromatic heterocycles. The fourth-order valence-electron chi connectivity index (χ4n) is 5.95. The number of fused-ring (bicyclic) bond motifs is 5. The van der Waals surface area contributed by atoms with Gasteiger partial charge in [-0.1, -0.05) is 12.5 Å². The van der Waals surface area contributed by atoms with Crippen molar-refractivity contribution in [2.75, 3.05) is 0 Å². The van der Waals surface area contributed by atoms with Crippen LogP contribution < -0.4 is 0 Å². The molecular weight excluding hydrogens is 248 g/mol. The molecule has 5 atom stereocenters. The highest BCUT2D eigenvalue weighted by atomic mass is 16.1. The van der Waals surface area contributed by atoms with Gasteiger partial charge in [-0.2, -0.15) is 0 Å². The zero-order chi connectivity index (χ0) is 13.9. The fraction of sp³-hybridized carbons (Fsp3) is 0.778. The molecule has 2 heteroatoms. The predicted molar refractivity (Wildman–Crippen MR) is 77.1 cm³/mol. The van der Waals surface area contributed by atoms with Crippen LogP contribution in [0.3, 0.4) is 0 Å². The minimum atomic E-state index is -0.00707. The Kier molecular flexibility index (Phi) is 2.74. The molecule has 3 saturated carbocycles. The molecule has 0 unspecified atom stereocenters. The number of hydrogen-bond donors (Lipinski definition) is 0. The predicted octanol–water partition coefficient (Wildman–Crippen LogP) is 3.70. The lowest BCUT2D eigenvalue weighted by atomic mass is 9.52. The summed E-state index contributed by atoms with van der Waals surface area (Å²) < 4.78 is 0. The van der Waals surface area contributed by atoms with Crippen LogP contribution in [0.5, 0.6) is 0 Å². The fourth-order valence-corrected chi connectivity index (χ4v) is 5.95. The molecule has 0 bridgehead atoms. The highest BCUT2D eigenvalue weighted by molar-refractivity contribution is 5.91. The number of carbonyl (C=O) groups excluding carboxylic acids is 2. The zero-order valence-electron chi connectivity index (χ0n) is 12.4. The van der Waals surface area contributed by atoms with Crippen molar-refractivity contribution in [1.82, 2.24) is 0 Å². The molecule has 4 aliphatic carbocycles. The molecule has 0 aromatic rings. The molecule has 0 heterocycles. The van der Waals surface area contributed by atoms with Crippen LogP contribution in [-0.2, 0) is 9.59 Å². The van der Waals surface area contributed by atoms with E-state index in [1.807, 2.05) is 6.08 Å². The van der Waals surface area contributed by atoms with E-state index in [1.54, 1.807) is 0 Å². The summed E-state index contributed by atoms with van der Waals surface area (Å²) in [4.78, 5) is 23.9. The lowest BCUT2D eigenvalue weighted by molar-refractivity contribution is -0.131. The van der Waals surface area contributed by atoms with Crippen LogP contribution >= 0.6 is 0 Å². The van der Waals surface area contributed by atoms with Crippen molar-refractivity contribution in [1.29, 1.82) is 0 Å². The van der Waals surface area contributed by atoms with Crippen LogP contribution in [0.15, 0.2) is 11.6 Å². The first-order chi connectivity index (χ1) is 9.59. The van der Waals surface area contributed by atoms with E-state index in [1.165, 1.54) is 18.4 Å². The molecule has 0 radical (unpaired) electrons. The van der Waals surface area contributed by atoms with Crippen LogP contribution in [0.25, 0.3) is 0 Å². The maximum Gasteiger partial charge on any atom is 0.155 e. The summed E-state index contributed by atoms with van der Waals surface area (Å²) in [7, 11) is 0. The van der Waals surface area contributed by atoms with Gasteiger partial charge in [0.15, 0.2) is 5.78 Å². The molecule has 3 fully saturated rings. The quantitative estimate of drug-likeness (QED) is 0.674. The molecule has 0 aliphatic heterocycles. The van der Waals surface area contributed by atoms with E-state index in [9.17, 15) is 9.59 Å². The first-order valence-electron chi connectivity index (χ1n) is 8.36. The van der Waals surface area contributed by atoms with Crippen molar-refractivity contribution < 1.29 is 9.59 Å². The second-order valence-electron chi connectivity index (χ2n) is 7.72. The van der Waals surface area contributed by atoms with Gasteiger partial charge in [0.1, 0.15) is 5.78 Å². The summed E-state index contributed by atoms with van der Waals surface area (Å²) in [6, 6.07) is 0. The van der Waals surface area contributed by atoms with Crippen LogP contribution in [0.2, 0.25) is 0 Å². The summed E-state index contributed by atoms with van der Waals surface area (Å²) in [5, 5.41) is 0. The molecule has 0 aromatic carbocycles. The minimum Gasteiger partial charge on any atom is -0.299 e. The normalized spacial score (nSPS) is 47.4. The number of allylic oxidation sites excluding steroid dienone is 1. The lowest BCUT2D eigenvalue weighted by Gasteiger charge is -2.52. The van der Waals surface area contributed by atoms with E-state index in [0.717, 1.165) is 50.4 Å². The first kappa shape index (κ1) is 12.8. The Balaban J connectivity index is 1.65. The smallest absolute Gasteiger partial charge is 0.155 e. The van der Waals surface area contributed by atoms with Gasteiger partial charge in [-0.25, -0.2) is 0 Å². The summed E-state index contributed by atoms with van der Waals surface area (Å²) >= 11 is 0. The Bertz CT molecular complexity index is 504. The Hall–Kier alpha value is -0.920. The number of Topliss-reactive ketones (excluding diaryl/α,β-unsaturated/α-hetero) is 1. The van der Waals surface area contributed by atoms with E-state index in [0.29, 0.717) is 23.4 Å². The lowest BCUT2D eigenvalue weighted by Crippen LogP contribution is -2.46. The molecule has 0 saturated heterocycles. The van der Waals surface area contributed by atoms with Crippen molar-refractivity contribution in [2.45, 2.75) is 58.3 Å². The molecule has 0 spiro atoms. The van der Waals surface area contributed by atoms with Gasteiger partial charge in [-0.15, -0.1) is 0 Å². The molecule has 20 heavy (non-hydrogen) atoms. The van der Waals surface area contributed by atoms with Gasteiger partial charge in [-0.05, 0) is 68.3 Å². The maximum atomic E-state index is 12.3. The zero-order valence-corrected chi connectivity index (χ0v) is 12.4. The Morgan fingerprint density at radius 1 is 1.00 bits per heavy atom. The third-order valence-electron chi connectivity index (χ3n) is 7.01. The largest absolute Gasteiger partial charge is 0.299 e. The summed E-state index contributed by atoms with van der Waals surface area (Å²) in [6.07, 6.45) is 10.3. The van der Waals surface area contributed by atoms with Crippen molar-refractivity contribution in [3.63, 3.8) is 0 Å². The summed E-state index contributed by atoms with van der Waals surface area (Å²) in [5.74, 6) is 3.66. The molecule has 2 nitrogen and oxygen atoms in total. The summed E-state index contributed by atoms with van der Waals surface area (Å²) in [5.41, 5.74) is 1.43. The van der Waals surface area contributed by atoms with E-state index >= 15 is 0 Å². The van der Waals surface area contributed by atoms with Gasteiger partial charge in [0.25, 0.3) is 0 Å². The van der Waals surface area contributed by atoms with Crippen molar-refractivity contribution in [2.24, 2.45) is 29.1 Å². The highest BCUT2D eigenvalue weighted by Gasteiger charge is 2.55. The molecule has 108 valence electrons. The van der Waals surface area contributed by atoms with Gasteiger partial charge in [0, 0.05) is 18.3 Å². The average Bonchev–Trinajstić information content (AvgIpc) is 2.74. The SMILES string of the molecule is C[C@]12CC[C@H]3[C@H](CCC4=CC(=O)CC[C@H]43)[C@H]1CCC2=O. The van der Waals surface area contributed by atoms with Crippen LogP contribution in [0.1, 0.15) is 58.3 Å². The molecule has 0 amide bonds. The number of carbonyl (C=O) groups is 2. The average molecular weight is 272 g/mol. The van der Waals surface area contributed by atoms with Crippen molar-refractivity contribution >= 4 is 11.6 Å². The maximum absolute atomic E-state index is 12.3. The highest BCUT2D eigenvalue weighted by Crippen LogP contribution is 2.60. The second kappa shape index (κ2) is 4.29. The minimum absolute atomic E-state index is 0.00707. The van der Waals surface area contributed by atoms with Crippen LogP contribution in [0, 0.1) is 29.1 Å². The van der Waals surface area contributed by atoms with Crippen molar-refractivity contribution in [3.8, 4) is 0 Å². The molecule has 0 N–H and O–H groups in total. The van der Waals surface area contributed by atoms with E-state index in [-0.39, 0.29) is 5.41 Å². The standard InChI is InChI=1S/C18H24O2/c1-18-9-8-14-13-5-3-12(19)10-11(13)2-4-15(14)16(18)6-7-17(18)20/h10,13-16H,2-9H2,1H3/t13-,14-,15+,16-,18+/m1/s1. The van der Waals surface area contributed by atoms with Gasteiger partial charge < -0.3 is 0 Å². The first-order valence-corrected chi connectivity index (χ1v) is 8.36. The Morgan fingerprint density at radius 3 is 2.70 bits per heavy atom. The topological polar surface area (TPSA) is 34.1 Å². The van der Waals surface area contributed by atoms with Gasteiger partial charge in [-0.3, -0.25) is 9.59 Å². The van der Waals surface area contributed by atoms with Crippen LogP contribution in [0.4, 0.5) is 0 Å². The van der Waals surface area contributed by atoms with E-state index in [2.05, 4.69) is 6.92 Å². The number of rotatable bonds is 0. The third kappa shape index (κ3) is 1.63. The molecular formula is C18H24O2. The van der Waals surface area contributed by atoms with Gasteiger partial charge in [0.05, 0.1) is 0 Å². The summed E-state index contributed by atoms with van der Waals surface area (Å²) in [6.45, 7) is 2.24. The monoisotopic (exact) mass is 272 g/mol. The Morgan fingerprint density at radius 2 is 1.85 bits per heavy atom. The number of hydrogen-bond acceptors (Lipinski definition) is 2.